The maximum Gasteiger partial charge on any atom is 0.416 e. The number of rotatable bonds is 9. The number of halogens is 6. The second kappa shape index (κ2) is 11.9. The number of carboxylic acid groups (broad SMARTS) is 1. The number of anilines is 2. The first kappa shape index (κ1) is 33.2. The van der Waals surface area contributed by atoms with Crippen molar-refractivity contribution in [1.82, 2.24) is 0 Å². The van der Waals surface area contributed by atoms with E-state index < -0.39 is 62.6 Å². The highest BCUT2D eigenvalue weighted by Gasteiger charge is 2.52. The fraction of sp³-hybridized carbons (Fsp3) is 0.367. The van der Waals surface area contributed by atoms with Crippen LogP contribution in [0.2, 0.25) is 0 Å². The third-order valence-electron chi connectivity index (χ3n) is 7.96. The number of aliphatic carboxylic acids is 1. The SMILES string of the molecule is COc1cccc(C(F)(F)F)c1C1(OC)CN(c2ccc3c(c2)N(S(=O)(=O)c2cccc(C(F)(F)F)c2)C[C@H](CCC(=O)O)O3)C1. The number of hydrogen-bond acceptors (Lipinski definition) is 7. The van der Waals surface area contributed by atoms with Crippen LogP contribution in [-0.2, 0) is 37.5 Å². The highest BCUT2D eigenvalue weighted by Crippen LogP contribution is 2.49. The zero-order valence-electron chi connectivity index (χ0n) is 24.4. The van der Waals surface area contributed by atoms with Crippen LogP contribution in [0.15, 0.2) is 65.6 Å². The van der Waals surface area contributed by atoms with Crippen LogP contribution < -0.4 is 18.7 Å². The molecule has 9 nitrogen and oxygen atoms in total. The van der Waals surface area contributed by atoms with Gasteiger partial charge in [0.25, 0.3) is 10.0 Å². The van der Waals surface area contributed by atoms with Crippen LogP contribution in [0.4, 0.5) is 37.7 Å². The Morgan fingerprint density at radius 2 is 1.70 bits per heavy atom. The molecule has 1 atom stereocenters. The summed E-state index contributed by atoms with van der Waals surface area (Å²) in [7, 11) is -2.13. The monoisotopic (exact) mass is 674 g/mol. The normalized spacial score (nSPS) is 18.0. The molecular weight excluding hydrogens is 646 g/mol. The summed E-state index contributed by atoms with van der Waals surface area (Å²) in [4.78, 5) is 12.2. The first-order chi connectivity index (χ1) is 21.5. The van der Waals surface area contributed by atoms with Gasteiger partial charge in [0.05, 0.1) is 48.5 Å². The summed E-state index contributed by atoms with van der Waals surface area (Å²) >= 11 is 0. The molecule has 0 spiro atoms. The largest absolute Gasteiger partial charge is 0.496 e. The molecule has 2 heterocycles. The average Bonchev–Trinajstić information content (AvgIpc) is 2.98. The molecule has 46 heavy (non-hydrogen) atoms. The fourth-order valence-corrected chi connectivity index (χ4v) is 7.21. The first-order valence-corrected chi connectivity index (χ1v) is 15.2. The molecule has 3 aromatic carbocycles. The number of carboxylic acids is 1. The number of sulfonamides is 1. The van der Waals surface area contributed by atoms with E-state index in [9.17, 15) is 39.6 Å². The quantitative estimate of drug-likeness (QED) is 0.279. The van der Waals surface area contributed by atoms with Crippen molar-refractivity contribution in [3.63, 3.8) is 0 Å². The van der Waals surface area contributed by atoms with Gasteiger partial charge in [0.15, 0.2) is 0 Å². The van der Waals surface area contributed by atoms with Crippen molar-refractivity contribution < 1.29 is 58.9 Å². The van der Waals surface area contributed by atoms with Crippen LogP contribution in [0.5, 0.6) is 11.5 Å². The van der Waals surface area contributed by atoms with Gasteiger partial charge < -0.3 is 24.2 Å². The molecule has 0 saturated carbocycles. The molecule has 0 amide bonds. The third-order valence-corrected chi connectivity index (χ3v) is 9.74. The van der Waals surface area contributed by atoms with Gasteiger partial charge in [0, 0.05) is 24.8 Å². The van der Waals surface area contributed by atoms with Crippen LogP contribution in [0.1, 0.15) is 29.5 Å². The molecule has 1 N–H and O–H groups in total. The summed E-state index contributed by atoms with van der Waals surface area (Å²) in [5, 5.41) is 9.14. The molecule has 248 valence electrons. The van der Waals surface area contributed by atoms with Gasteiger partial charge >= 0.3 is 18.3 Å². The number of nitrogens with zero attached hydrogens (tertiary/aromatic N) is 2. The van der Waals surface area contributed by atoms with Gasteiger partial charge in [-0.3, -0.25) is 9.10 Å². The molecule has 0 bridgehead atoms. The van der Waals surface area contributed by atoms with Gasteiger partial charge in [-0.1, -0.05) is 12.1 Å². The maximum atomic E-state index is 14.0. The van der Waals surface area contributed by atoms with E-state index in [2.05, 4.69) is 0 Å². The van der Waals surface area contributed by atoms with Crippen molar-refractivity contribution in [2.75, 3.05) is 43.1 Å². The van der Waals surface area contributed by atoms with E-state index in [0.29, 0.717) is 11.8 Å². The van der Waals surface area contributed by atoms with Crippen molar-refractivity contribution in [3.8, 4) is 11.5 Å². The van der Waals surface area contributed by atoms with Crippen LogP contribution in [-0.4, -0.2) is 59.5 Å². The lowest BCUT2D eigenvalue weighted by molar-refractivity contribution is -0.142. The Kier molecular flexibility index (Phi) is 8.57. The van der Waals surface area contributed by atoms with Gasteiger partial charge in [-0.15, -0.1) is 0 Å². The van der Waals surface area contributed by atoms with E-state index in [1.54, 1.807) is 11.0 Å². The van der Waals surface area contributed by atoms with Crippen molar-refractivity contribution in [1.29, 1.82) is 0 Å². The standard InChI is InChI=1S/C30H28F6N2O7S/c1-43-25-8-4-7-22(30(34,35)36)27(25)28(44-2)16-37(17-28)19-9-11-24-23(14-19)38(15-20(45-24)10-12-26(39)40)46(41,42)21-6-3-5-18(13-21)29(31,32)33/h3-9,11,13-14,20H,10,12,15-17H2,1-2H3,(H,39,40)/t20-/m0/s1. The predicted molar refractivity (Wildman–Crippen MR) is 153 cm³/mol. The third kappa shape index (κ3) is 6.15. The van der Waals surface area contributed by atoms with E-state index >= 15 is 0 Å². The Morgan fingerprint density at radius 1 is 1.00 bits per heavy atom. The van der Waals surface area contributed by atoms with Crippen LogP contribution >= 0.6 is 0 Å². The smallest absolute Gasteiger partial charge is 0.416 e. The maximum absolute atomic E-state index is 14.0. The molecule has 2 aliphatic rings. The molecule has 0 aliphatic carbocycles. The summed E-state index contributed by atoms with van der Waals surface area (Å²) in [6.45, 7) is -0.580. The van der Waals surface area contributed by atoms with Crippen molar-refractivity contribution in [3.05, 3.63) is 77.4 Å². The molecule has 3 aromatic rings. The molecule has 16 heteroatoms. The molecular formula is C30H28F6N2O7S. The summed E-state index contributed by atoms with van der Waals surface area (Å²) in [6, 6.07) is 11.1. The molecule has 5 rings (SSSR count). The zero-order valence-corrected chi connectivity index (χ0v) is 25.2. The van der Waals surface area contributed by atoms with E-state index in [1.807, 2.05) is 0 Å². The minimum absolute atomic E-state index is 0.0269. The fourth-order valence-electron chi connectivity index (χ4n) is 5.67. The number of hydrogen-bond donors (Lipinski definition) is 1. The second-order valence-corrected chi connectivity index (χ2v) is 12.7. The Balaban J connectivity index is 1.53. The van der Waals surface area contributed by atoms with Gasteiger partial charge in [-0.05, 0) is 55.0 Å². The Labute approximate surface area is 259 Å². The zero-order chi connectivity index (χ0) is 33.7. The minimum atomic E-state index is -4.82. The number of benzene rings is 3. The van der Waals surface area contributed by atoms with Crippen LogP contribution in [0.3, 0.4) is 0 Å². The van der Waals surface area contributed by atoms with Gasteiger partial charge in [0.2, 0.25) is 0 Å². The summed E-state index contributed by atoms with van der Waals surface area (Å²) in [5.74, 6) is -1.15. The van der Waals surface area contributed by atoms with Gasteiger partial charge in [0.1, 0.15) is 23.2 Å². The lowest BCUT2D eigenvalue weighted by Crippen LogP contribution is -2.61. The number of ether oxygens (including phenoxy) is 3. The summed E-state index contributed by atoms with van der Waals surface area (Å²) in [6.07, 6.45) is -10.9. The Bertz CT molecular complexity index is 1740. The Hall–Kier alpha value is -4.18. The van der Waals surface area contributed by atoms with E-state index in [0.717, 1.165) is 28.6 Å². The number of fused-ring (bicyclic) bond motifs is 1. The van der Waals surface area contributed by atoms with Crippen LogP contribution in [0, 0.1) is 0 Å². The van der Waals surface area contributed by atoms with E-state index in [-0.39, 0.29) is 48.7 Å². The first-order valence-electron chi connectivity index (χ1n) is 13.8. The highest BCUT2D eigenvalue weighted by molar-refractivity contribution is 7.92. The molecule has 1 saturated heterocycles. The number of methoxy groups -OCH3 is 2. The highest BCUT2D eigenvalue weighted by atomic mass is 32.2. The van der Waals surface area contributed by atoms with E-state index in [1.165, 1.54) is 38.5 Å². The molecule has 0 aromatic heterocycles. The molecule has 1 fully saturated rings. The average molecular weight is 675 g/mol. The predicted octanol–water partition coefficient (Wildman–Crippen LogP) is 5.92. The van der Waals surface area contributed by atoms with Crippen molar-refractivity contribution in [2.45, 2.75) is 41.8 Å². The van der Waals surface area contributed by atoms with Crippen molar-refractivity contribution in [2.24, 2.45) is 0 Å². The van der Waals surface area contributed by atoms with E-state index in [4.69, 9.17) is 19.3 Å². The molecule has 0 radical (unpaired) electrons. The van der Waals surface area contributed by atoms with Gasteiger partial charge in [-0.2, -0.15) is 26.3 Å². The van der Waals surface area contributed by atoms with Crippen molar-refractivity contribution >= 4 is 27.4 Å². The number of carbonyl (C=O) groups is 1. The lowest BCUT2D eigenvalue weighted by Gasteiger charge is -2.51. The topological polar surface area (TPSA) is 106 Å². The minimum Gasteiger partial charge on any atom is -0.496 e. The summed E-state index contributed by atoms with van der Waals surface area (Å²) < 4.78 is 128. The van der Waals surface area contributed by atoms with Crippen LogP contribution in [0.25, 0.3) is 0 Å². The second-order valence-electron chi connectivity index (χ2n) is 10.8. The molecule has 0 unspecified atom stereocenters. The Morgan fingerprint density at radius 3 is 2.30 bits per heavy atom. The lowest BCUT2D eigenvalue weighted by atomic mass is 9.81. The van der Waals surface area contributed by atoms with Gasteiger partial charge in [-0.25, -0.2) is 8.42 Å². The molecule has 2 aliphatic heterocycles. The summed E-state index contributed by atoms with van der Waals surface area (Å²) in [5.41, 5.74) is -3.42. The number of alkyl halides is 6.